The van der Waals surface area contributed by atoms with Gasteiger partial charge >= 0.3 is 0 Å². The fraction of sp³-hybridized carbons (Fsp3) is 0.250. The van der Waals surface area contributed by atoms with Gasteiger partial charge in [-0.15, -0.1) is 0 Å². The van der Waals surface area contributed by atoms with Gasteiger partial charge in [-0.25, -0.2) is 8.78 Å². The van der Waals surface area contributed by atoms with Crippen molar-refractivity contribution in [1.82, 2.24) is 0 Å². The van der Waals surface area contributed by atoms with E-state index in [0.29, 0.717) is 12.2 Å². The third kappa shape index (κ3) is 2.44. The summed E-state index contributed by atoms with van der Waals surface area (Å²) in [7, 11) is 0. The van der Waals surface area contributed by atoms with Crippen molar-refractivity contribution >= 4 is 0 Å². The van der Waals surface area contributed by atoms with Crippen LogP contribution in [0.4, 0.5) is 8.78 Å². The van der Waals surface area contributed by atoms with E-state index in [0.717, 1.165) is 18.1 Å². The van der Waals surface area contributed by atoms with Gasteiger partial charge in [0.25, 0.3) is 0 Å². The molecule has 0 aromatic heterocycles. The van der Waals surface area contributed by atoms with Gasteiger partial charge in [-0.3, -0.25) is 0 Å². The molecule has 0 saturated heterocycles. The number of rotatable bonds is 2. The van der Waals surface area contributed by atoms with Gasteiger partial charge in [0.1, 0.15) is 17.7 Å². The Kier molecular flexibility index (Phi) is 3.51. The topological polar surface area (TPSA) is 35.2 Å². The minimum atomic E-state index is -0.625. The van der Waals surface area contributed by atoms with Gasteiger partial charge in [0.2, 0.25) is 0 Å². The number of nitrogens with two attached hydrogens (primary N) is 1. The zero-order valence-corrected chi connectivity index (χ0v) is 10.9. The molecule has 4 heteroatoms. The Morgan fingerprint density at radius 1 is 1.10 bits per heavy atom. The summed E-state index contributed by atoms with van der Waals surface area (Å²) in [4.78, 5) is 0. The Balaban J connectivity index is 1.97. The van der Waals surface area contributed by atoms with E-state index in [1.807, 2.05) is 24.3 Å². The average Bonchev–Trinajstić information content (AvgIpc) is 2.45. The van der Waals surface area contributed by atoms with E-state index in [2.05, 4.69) is 0 Å². The van der Waals surface area contributed by atoms with Crippen LogP contribution in [0.15, 0.2) is 42.5 Å². The van der Waals surface area contributed by atoms with Gasteiger partial charge in [-0.05, 0) is 35.2 Å². The number of hydrogen-bond acceptors (Lipinski definition) is 2. The quantitative estimate of drug-likeness (QED) is 0.913. The summed E-state index contributed by atoms with van der Waals surface area (Å²) >= 11 is 0. The van der Waals surface area contributed by atoms with Crippen LogP contribution in [0.2, 0.25) is 0 Å². The van der Waals surface area contributed by atoms with Crippen molar-refractivity contribution in [3.8, 4) is 0 Å². The lowest BCUT2D eigenvalue weighted by Crippen LogP contribution is -2.27. The first-order valence-electron chi connectivity index (χ1n) is 6.56. The van der Waals surface area contributed by atoms with Crippen LogP contribution in [-0.4, -0.2) is 6.61 Å². The highest BCUT2D eigenvalue weighted by Gasteiger charge is 2.27. The van der Waals surface area contributed by atoms with Crippen LogP contribution in [0.1, 0.15) is 28.8 Å². The molecule has 0 spiro atoms. The molecule has 0 bridgehead atoms. The Morgan fingerprint density at radius 2 is 1.80 bits per heavy atom. The molecule has 2 atom stereocenters. The van der Waals surface area contributed by atoms with Crippen molar-refractivity contribution in [1.29, 1.82) is 0 Å². The molecule has 0 fully saturated rings. The maximum Gasteiger partial charge on any atom is 0.126 e. The molecule has 0 radical (unpaired) electrons. The third-order valence-corrected chi connectivity index (χ3v) is 3.63. The number of halogens is 2. The van der Waals surface area contributed by atoms with E-state index < -0.39 is 17.7 Å². The zero-order chi connectivity index (χ0) is 14.1. The van der Waals surface area contributed by atoms with E-state index in [1.165, 1.54) is 17.7 Å². The summed E-state index contributed by atoms with van der Waals surface area (Å²) in [6.45, 7) is 0.563. The van der Waals surface area contributed by atoms with Crippen LogP contribution in [-0.2, 0) is 11.2 Å². The monoisotopic (exact) mass is 275 g/mol. The van der Waals surface area contributed by atoms with Crippen LogP contribution in [0.5, 0.6) is 0 Å². The lowest BCUT2D eigenvalue weighted by atomic mass is 9.90. The molecule has 20 heavy (non-hydrogen) atoms. The molecule has 1 heterocycles. The highest BCUT2D eigenvalue weighted by molar-refractivity contribution is 5.34. The Morgan fingerprint density at radius 3 is 2.55 bits per heavy atom. The second kappa shape index (κ2) is 5.31. The normalized spacial score (nSPS) is 19.4. The fourth-order valence-corrected chi connectivity index (χ4v) is 2.66. The number of hydrogen-bond donors (Lipinski definition) is 1. The molecular weight excluding hydrogens is 260 g/mol. The van der Waals surface area contributed by atoms with Gasteiger partial charge in [0.05, 0.1) is 12.6 Å². The van der Waals surface area contributed by atoms with Gasteiger partial charge in [0.15, 0.2) is 0 Å². The van der Waals surface area contributed by atoms with Crippen LogP contribution in [0.25, 0.3) is 0 Å². The predicted molar refractivity (Wildman–Crippen MR) is 72.1 cm³/mol. The summed E-state index contributed by atoms with van der Waals surface area (Å²) in [6, 6.07) is 10.6. The number of ether oxygens (including phenoxy) is 1. The Labute approximate surface area is 116 Å². The van der Waals surface area contributed by atoms with Gasteiger partial charge < -0.3 is 10.5 Å². The van der Waals surface area contributed by atoms with Gasteiger partial charge in [0, 0.05) is 6.07 Å². The second-order valence-corrected chi connectivity index (χ2v) is 4.97. The van der Waals surface area contributed by atoms with Crippen molar-refractivity contribution in [2.75, 3.05) is 6.61 Å². The highest BCUT2D eigenvalue weighted by Crippen LogP contribution is 2.35. The van der Waals surface area contributed by atoms with Crippen LogP contribution in [0, 0.1) is 11.6 Å². The molecule has 1 aliphatic heterocycles. The molecule has 2 unspecified atom stereocenters. The molecule has 2 nitrogen and oxygen atoms in total. The number of benzene rings is 2. The molecule has 104 valence electrons. The highest BCUT2D eigenvalue weighted by atomic mass is 19.1. The summed E-state index contributed by atoms with van der Waals surface area (Å²) in [6.07, 6.45) is 0.456. The van der Waals surface area contributed by atoms with E-state index in [1.54, 1.807) is 0 Å². The van der Waals surface area contributed by atoms with E-state index in [9.17, 15) is 8.78 Å². The standard InChI is InChI=1S/C16H15F2NO/c17-12-7-11(8-13(18)9-12)15(19)16-14-4-2-1-3-10(14)5-6-20-16/h1-4,7-9,15-16H,5-6,19H2. The first-order valence-corrected chi connectivity index (χ1v) is 6.56. The lowest BCUT2D eigenvalue weighted by Gasteiger charge is -2.30. The van der Waals surface area contributed by atoms with Crippen molar-refractivity contribution in [2.24, 2.45) is 5.73 Å². The molecule has 2 aromatic rings. The SMILES string of the molecule is NC(c1cc(F)cc(F)c1)C1OCCc2ccccc21. The van der Waals surface area contributed by atoms with Crippen molar-refractivity contribution in [3.63, 3.8) is 0 Å². The summed E-state index contributed by atoms with van der Waals surface area (Å²) in [5.74, 6) is -1.25. The molecule has 3 rings (SSSR count). The smallest absolute Gasteiger partial charge is 0.126 e. The molecule has 0 aliphatic carbocycles. The predicted octanol–water partition coefficient (Wildman–Crippen LogP) is 3.28. The zero-order valence-electron chi connectivity index (χ0n) is 10.9. The Hall–Kier alpha value is -1.78. The van der Waals surface area contributed by atoms with Crippen molar-refractivity contribution in [2.45, 2.75) is 18.6 Å². The fourth-order valence-electron chi connectivity index (χ4n) is 2.66. The summed E-state index contributed by atoms with van der Waals surface area (Å²) in [5.41, 5.74) is 8.74. The van der Waals surface area contributed by atoms with E-state index >= 15 is 0 Å². The van der Waals surface area contributed by atoms with Crippen LogP contribution in [0.3, 0.4) is 0 Å². The van der Waals surface area contributed by atoms with E-state index in [-0.39, 0.29) is 6.10 Å². The van der Waals surface area contributed by atoms with Crippen molar-refractivity contribution < 1.29 is 13.5 Å². The third-order valence-electron chi connectivity index (χ3n) is 3.63. The largest absolute Gasteiger partial charge is 0.371 e. The van der Waals surface area contributed by atoms with Crippen LogP contribution < -0.4 is 5.73 Å². The second-order valence-electron chi connectivity index (χ2n) is 4.97. The molecular formula is C16H15F2NO. The number of fused-ring (bicyclic) bond motifs is 1. The first-order chi connectivity index (χ1) is 9.65. The maximum absolute atomic E-state index is 13.3. The van der Waals surface area contributed by atoms with Gasteiger partial charge in [-0.1, -0.05) is 24.3 Å². The summed E-state index contributed by atoms with van der Waals surface area (Å²) in [5, 5.41) is 0. The minimum Gasteiger partial charge on any atom is -0.371 e. The van der Waals surface area contributed by atoms with E-state index in [4.69, 9.17) is 10.5 Å². The molecule has 2 N–H and O–H groups in total. The van der Waals surface area contributed by atoms with Crippen LogP contribution >= 0.6 is 0 Å². The average molecular weight is 275 g/mol. The van der Waals surface area contributed by atoms with Gasteiger partial charge in [-0.2, -0.15) is 0 Å². The lowest BCUT2D eigenvalue weighted by molar-refractivity contribution is 0.0240. The van der Waals surface area contributed by atoms with Crippen molar-refractivity contribution in [3.05, 3.63) is 70.8 Å². The molecule has 0 amide bonds. The summed E-state index contributed by atoms with van der Waals surface area (Å²) < 4.78 is 32.4. The molecule has 1 aliphatic rings. The first kappa shape index (κ1) is 13.2. The minimum absolute atomic E-state index is 0.374. The Bertz CT molecular complexity index is 609. The molecule has 2 aromatic carbocycles. The molecule has 0 saturated carbocycles. The maximum atomic E-state index is 13.3.